The third-order valence-electron chi connectivity index (χ3n) is 0.961. The van der Waals surface area contributed by atoms with E-state index in [0.29, 0.717) is 0 Å². The molecule has 0 spiro atoms. The first kappa shape index (κ1) is 8.43. The van der Waals surface area contributed by atoms with Gasteiger partial charge in [-0.05, 0) is 0 Å². The van der Waals surface area contributed by atoms with E-state index in [0.717, 1.165) is 4.90 Å². The third-order valence-corrected chi connectivity index (χ3v) is 1.19. The van der Waals surface area contributed by atoms with Gasteiger partial charge in [0.25, 0.3) is 0 Å². The summed E-state index contributed by atoms with van der Waals surface area (Å²) in [5, 5.41) is 0. The number of rotatable bonds is 1. The zero-order valence-corrected chi connectivity index (χ0v) is 6.10. The van der Waals surface area contributed by atoms with E-state index in [4.69, 9.17) is 11.6 Å². The largest absolute Gasteiger partial charge is 0.285 e. The van der Waals surface area contributed by atoms with Gasteiger partial charge in [0.15, 0.2) is 0 Å². The van der Waals surface area contributed by atoms with Gasteiger partial charge in [-0.15, -0.1) is 11.6 Å². The molecule has 3 nitrogen and oxygen atoms in total. The number of imide groups is 1. The highest BCUT2D eigenvalue weighted by Crippen LogP contribution is 1.87. The molecule has 52 valence electrons. The van der Waals surface area contributed by atoms with Crippen LogP contribution in [-0.4, -0.2) is 29.6 Å². The van der Waals surface area contributed by atoms with E-state index in [1.807, 2.05) is 0 Å². The Morgan fingerprint density at radius 1 is 1.56 bits per heavy atom. The normalized spacial score (nSPS) is 8.78. The number of alkyl halides is 1. The van der Waals surface area contributed by atoms with Crippen molar-refractivity contribution < 1.29 is 9.59 Å². The molecule has 2 amide bonds. The molecule has 0 unspecified atom stereocenters. The summed E-state index contributed by atoms with van der Waals surface area (Å²) in [6, 6.07) is 0. The first-order valence-corrected chi connectivity index (χ1v) is 2.96. The standard InChI is InChI=1S/C5H8ClNO2/c1-4(8)7(2)5(9)3-6/h3H2,1-2H3. The van der Waals surface area contributed by atoms with Gasteiger partial charge in [-0.3, -0.25) is 14.5 Å². The van der Waals surface area contributed by atoms with Crippen LogP contribution in [0.2, 0.25) is 0 Å². The average molecular weight is 150 g/mol. The Morgan fingerprint density at radius 2 is 2.00 bits per heavy atom. The Balaban J connectivity index is 3.88. The number of amides is 2. The average Bonchev–Trinajstić information content (AvgIpc) is 1.84. The lowest BCUT2D eigenvalue weighted by Crippen LogP contribution is -2.31. The molecule has 0 saturated carbocycles. The minimum Gasteiger partial charge on any atom is -0.285 e. The molecule has 0 saturated heterocycles. The summed E-state index contributed by atoms with van der Waals surface area (Å²) in [5.74, 6) is -0.805. The second-order valence-electron chi connectivity index (χ2n) is 1.61. The second-order valence-corrected chi connectivity index (χ2v) is 1.87. The highest BCUT2D eigenvalue weighted by Gasteiger charge is 2.09. The molecule has 0 aliphatic carbocycles. The number of halogens is 1. The second kappa shape index (κ2) is 3.45. The van der Waals surface area contributed by atoms with Crippen molar-refractivity contribution in [2.45, 2.75) is 6.92 Å². The minimum absolute atomic E-state index is 0.143. The Hall–Kier alpha value is -0.570. The first-order valence-electron chi connectivity index (χ1n) is 2.42. The molecular formula is C5H8ClNO2. The first-order chi connectivity index (χ1) is 4.09. The van der Waals surface area contributed by atoms with Gasteiger partial charge in [-0.2, -0.15) is 0 Å². The summed E-state index contributed by atoms with van der Waals surface area (Å²) in [4.78, 5) is 21.9. The lowest BCUT2D eigenvalue weighted by Gasteiger charge is -2.09. The van der Waals surface area contributed by atoms with Crippen molar-refractivity contribution in [1.29, 1.82) is 0 Å². The van der Waals surface area contributed by atoms with Crippen molar-refractivity contribution in [3.05, 3.63) is 0 Å². The van der Waals surface area contributed by atoms with E-state index in [-0.39, 0.29) is 17.7 Å². The summed E-state index contributed by atoms with van der Waals surface area (Å²) in [6.45, 7) is 1.31. The molecule has 0 heterocycles. The van der Waals surface area contributed by atoms with Crippen LogP contribution < -0.4 is 0 Å². The maximum Gasteiger partial charge on any atom is 0.243 e. The maximum atomic E-state index is 10.5. The van der Waals surface area contributed by atoms with E-state index in [1.54, 1.807) is 0 Å². The van der Waals surface area contributed by atoms with Gasteiger partial charge in [-0.25, -0.2) is 0 Å². The molecule has 0 N–H and O–H groups in total. The molecule has 9 heavy (non-hydrogen) atoms. The number of nitrogens with zero attached hydrogens (tertiary/aromatic N) is 1. The predicted molar refractivity (Wildman–Crippen MR) is 34.2 cm³/mol. The van der Waals surface area contributed by atoms with Crippen molar-refractivity contribution >= 4 is 23.4 Å². The van der Waals surface area contributed by atoms with Gasteiger partial charge in [0, 0.05) is 14.0 Å². The molecule has 0 aromatic carbocycles. The predicted octanol–water partition coefficient (Wildman–Crippen LogP) is 0.230. The fourth-order valence-corrected chi connectivity index (χ4v) is 0.445. The molecule has 0 fully saturated rings. The molecule has 4 heteroatoms. The van der Waals surface area contributed by atoms with Gasteiger partial charge in [0.05, 0.1) is 0 Å². The van der Waals surface area contributed by atoms with Crippen LogP contribution in [0, 0.1) is 0 Å². The monoisotopic (exact) mass is 149 g/mol. The molecule has 0 aliphatic rings. The number of hydrogen-bond acceptors (Lipinski definition) is 2. The summed E-state index contributed by atoms with van der Waals surface area (Å²) in [7, 11) is 1.40. The molecule has 0 aliphatic heterocycles. The van der Waals surface area contributed by atoms with Crippen LogP contribution in [0.15, 0.2) is 0 Å². The van der Waals surface area contributed by atoms with Crippen molar-refractivity contribution in [3.8, 4) is 0 Å². The van der Waals surface area contributed by atoms with Crippen LogP contribution in [0.25, 0.3) is 0 Å². The van der Waals surface area contributed by atoms with Gasteiger partial charge in [-0.1, -0.05) is 0 Å². The Bertz CT molecular complexity index is 135. The van der Waals surface area contributed by atoms with Crippen LogP contribution in [0.3, 0.4) is 0 Å². The summed E-state index contributed by atoms with van der Waals surface area (Å²) in [6.07, 6.45) is 0. The lowest BCUT2D eigenvalue weighted by molar-refractivity contribution is -0.140. The van der Waals surface area contributed by atoms with Crippen LogP contribution in [-0.2, 0) is 9.59 Å². The molecule has 0 radical (unpaired) electrons. The Morgan fingerprint density at radius 3 is 2.11 bits per heavy atom. The van der Waals surface area contributed by atoms with Crippen LogP contribution in [0.1, 0.15) is 6.92 Å². The molecule has 0 atom stereocenters. The molecule has 0 bridgehead atoms. The van der Waals surface area contributed by atoms with Crippen LogP contribution in [0.5, 0.6) is 0 Å². The highest BCUT2D eigenvalue weighted by atomic mass is 35.5. The third kappa shape index (κ3) is 2.46. The minimum atomic E-state index is -0.371. The quantitative estimate of drug-likeness (QED) is 0.501. The fraction of sp³-hybridized carbons (Fsp3) is 0.600. The molecule has 0 aromatic heterocycles. The Kier molecular flexibility index (Phi) is 3.24. The fourth-order valence-electron chi connectivity index (χ4n) is 0.265. The molecular weight excluding hydrogens is 142 g/mol. The van der Waals surface area contributed by atoms with Gasteiger partial charge < -0.3 is 0 Å². The van der Waals surface area contributed by atoms with E-state index < -0.39 is 0 Å². The summed E-state index contributed by atoms with van der Waals surface area (Å²) >= 11 is 5.15. The van der Waals surface area contributed by atoms with Gasteiger partial charge >= 0.3 is 0 Å². The van der Waals surface area contributed by atoms with E-state index in [2.05, 4.69) is 0 Å². The zero-order chi connectivity index (χ0) is 7.44. The maximum absolute atomic E-state index is 10.5. The zero-order valence-electron chi connectivity index (χ0n) is 5.35. The van der Waals surface area contributed by atoms with Crippen molar-refractivity contribution in [2.24, 2.45) is 0 Å². The highest BCUT2D eigenvalue weighted by molar-refractivity contribution is 6.28. The van der Waals surface area contributed by atoms with Crippen LogP contribution >= 0.6 is 11.6 Å². The summed E-state index contributed by atoms with van der Waals surface area (Å²) in [5.41, 5.74) is 0. The molecule has 0 rings (SSSR count). The van der Waals surface area contributed by atoms with Crippen molar-refractivity contribution in [1.82, 2.24) is 4.90 Å². The van der Waals surface area contributed by atoms with E-state index in [9.17, 15) is 9.59 Å². The van der Waals surface area contributed by atoms with Crippen molar-refractivity contribution in [3.63, 3.8) is 0 Å². The lowest BCUT2D eigenvalue weighted by atomic mass is 10.5. The van der Waals surface area contributed by atoms with E-state index in [1.165, 1.54) is 14.0 Å². The summed E-state index contributed by atoms with van der Waals surface area (Å²) < 4.78 is 0. The SMILES string of the molecule is CC(=O)N(C)C(=O)CCl. The topological polar surface area (TPSA) is 37.4 Å². The van der Waals surface area contributed by atoms with Gasteiger partial charge in [0.1, 0.15) is 5.88 Å². The van der Waals surface area contributed by atoms with Gasteiger partial charge in [0.2, 0.25) is 11.8 Å². The van der Waals surface area contributed by atoms with Crippen molar-refractivity contribution in [2.75, 3.05) is 12.9 Å². The number of hydrogen-bond donors (Lipinski definition) is 0. The number of carbonyl (C=O) groups is 2. The Labute approximate surface area is 58.6 Å². The smallest absolute Gasteiger partial charge is 0.243 e. The molecule has 0 aromatic rings. The van der Waals surface area contributed by atoms with Crippen LogP contribution in [0.4, 0.5) is 0 Å². The number of carbonyl (C=O) groups excluding carboxylic acids is 2. The van der Waals surface area contributed by atoms with E-state index >= 15 is 0 Å².